The quantitative estimate of drug-likeness (QED) is 0.408. The molecule has 0 aliphatic rings. The third kappa shape index (κ3) is 4.57. The number of anilines is 1. The lowest BCUT2D eigenvalue weighted by atomic mass is 9.93. The summed E-state index contributed by atoms with van der Waals surface area (Å²) >= 11 is 2.97. The molecule has 0 saturated heterocycles. The van der Waals surface area contributed by atoms with Crippen molar-refractivity contribution in [2.75, 3.05) is 17.6 Å². The minimum Gasteiger partial charge on any atom is -0.360 e. The number of nitrogens with one attached hydrogen (secondary N) is 1. The van der Waals surface area contributed by atoms with Crippen LogP contribution in [0.15, 0.2) is 10.4 Å². The molecule has 0 fully saturated rings. The summed E-state index contributed by atoms with van der Waals surface area (Å²) in [5.74, 6) is 0.547. The molecule has 4 nitrogen and oxygen atoms in total. The molecule has 0 radical (unpaired) electrons. The number of hydrogen-bond acceptors (Lipinski definition) is 6. The Bertz CT molecular complexity index is 725. The number of carbonyl (C=O) groups is 1. The van der Waals surface area contributed by atoms with Gasteiger partial charge in [0.2, 0.25) is 5.13 Å². The molecule has 0 spiro atoms. The van der Waals surface area contributed by atoms with Crippen LogP contribution < -0.4 is 5.32 Å². The van der Waals surface area contributed by atoms with Crippen molar-refractivity contribution in [2.24, 2.45) is 0 Å². The lowest BCUT2D eigenvalue weighted by molar-refractivity contribution is 0.102. The first-order valence-corrected chi connectivity index (χ1v) is 10.0. The Morgan fingerprint density at radius 2 is 1.92 bits per heavy atom. The van der Waals surface area contributed by atoms with Gasteiger partial charge in [-0.1, -0.05) is 36.4 Å². The van der Waals surface area contributed by atoms with Gasteiger partial charge in [-0.05, 0) is 62.4 Å². The average molecular weight is 364 g/mol. The lowest BCUT2D eigenvalue weighted by Crippen LogP contribution is -2.08. The van der Waals surface area contributed by atoms with Gasteiger partial charge in [-0.2, -0.15) is 0 Å². The number of nitrogens with zero attached hydrogens (tertiary/aromatic N) is 2. The summed E-state index contributed by atoms with van der Waals surface area (Å²) < 4.78 is 0.834. The highest BCUT2D eigenvalue weighted by Crippen LogP contribution is 2.28. The number of carbonyl (C=O) groups excluding carboxylic acids is 1. The van der Waals surface area contributed by atoms with Gasteiger partial charge in [-0.25, -0.2) is 0 Å². The smallest absolute Gasteiger partial charge is 0.206 e. The molecule has 2 aromatic rings. The van der Waals surface area contributed by atoms with E-state index in [1.165, 1.54) is 39.8 Å². The second-order valence-electron chi connectivity index (χ2n) is 5.98. The van der Waals surface area contributed by atoms with E-state index < -0.39 is 0 Å². The molecule has 0 aliphatic heterocycles. The topological polar surface area (TPSA) is 54.9 Å². The Labute approximate surface area is 152 Å². The van der Waals surface area contributed by atoms with Crippen LogP contribution in [0.25, 0.3) is 0 Å². The van der Waals surface area contributed by atoms with Crippen LogP contribution in [0, 0.1) is 27.7 Å². The molecular weight excluding hydrogens is 338 g/mol. The molecule has 0 atom stereocenters. The Morgan fingerprint density at radius 1 is 1.17 bits per heavy atom. The molecule has 0 unspecified atom stereocenters. The molecular formula is C18H25N3OS2. The Balaban J connectivity index is 1.99. The molecule has 2 rings (SSSR count). The largest absolute Gasteiger partial charge is 0.360 e. The van der Waals surface area contributed by atoms with Crippen molar-refractivity contribution in [2.45, 2.75) is 51.8 Å². The van der Waals surface area contributed by atoms with Crippen molar-refractivity contribution in [3.8, 4) is 0 Å². The molecule has 1 heterocycles. The first-order valence-electron chi connectivity index (χ1n) is 8.24. The summed E-state index contributed by atoms with van der Waals surface area (Å²) in [4.78, 5) is 12.6. The number of hydrogen-bond donors (Lipinski definition) is 1. The van der Waals surface area contributed by atoms with Crippen molar-refractivity contribution in [1.29, 1.82) is 0 Å². The predicted molar refractivity (Wildman–Crippen MR) is 104 cm³/mol. The number of benzene rings is 1. The lowest BCUT2D eigenvalue weighted by Gasteiger charge is -2.13. The minimum atomic E-state index is 0.152. The molecule has 24 heavy (non-hydrogen) atoms. The van der Waals surface area contributed by atoms with Crippen molar-refractivity contribution in [3.63, 3.8) is 0 Å². The maximum Gasteiger partial charge on any atom is 0.206 e. The fraction of sp³-hybridized carbons (Fsp3) is 0.500. The highest BCUT2D eigenvalue weighted by molar-refractivity contribution is 8.01. The molecule has 1 aromatic heterocycles. The number of ketones is 1. The number of rotatable bonds is 8. The number of unbranched alkanes of at least 4 members (excludes halogenated alkanes) is 1. The van der Waals surface area contributed by atoms with E-state index in [1.54, 1.807) is 0 Å². The van der Waals surface area contributed by atoms with Gasteiger partial charge >= 0.3 is 0 Å². The summed E-state index contributed by atoms with van der Waals surface area (Å²) in [5, 5.41) is 12.4. The number of aromatic nitrogens is 2. The molecule has 1 aromatic carbocycles. The molecule has 6 heteroatoms. The van der Waals surface area contributed by atoms with E-state index in [2.05, 4.69) is 43.2 Å². The van der Waals surface area contributed by atoms with Gasteiger partial charge in [0.25, 0.3) is 0 Å². The van der Waals surface area contributed by atoms with E-state index in [0.717, 1.165) is 40.0 Å². The third-order valence-electron chi connectivity index (χ3n) is 4.32. The molecule has 0 bridgehead atoms. The van der Waals surface area contributed by atoms with Gasteiger partial charge in [-0.3, -0.25) is 4.79 Å². The van der Waals surface area contributed by atoms with Gasteiger partial charge in [0.1, 0.15) is 0 Å². The fourth-order valence-electron chi connectivity index (χ4n) is 2.42. The van der Waals surface area contributed by atoms with Crippen LogP contribution in [-0.2, 0) is 0 Å². The van der Waals surface area contributed by atoms with Crippen LogP contribution in [0.4, 0.5) is 5.13 Å². The summed E-state index contributed by atoms with van der Waals surface area (Å²) in [6, 6.07) is 2.01. The average Bonchev–Trinajstić information content (AvgIpc) is 3.02. The van der Waals surface area contributed by atoms with Crippen molar-refractivity contribution in [1.82, 2.24) is 10.2 Å². The third-order valence-corrected chi connectivity index (χ3v) is 6.34. The molecule has 1 N–H and O–H groups in total. The van der Waals surface area contributed by atoms with Crippen LogP contribution in [0.5, 0.6) is 0 Å². The van der Waals surface area contributed by atoms with E-state index in [1.807, 2.05) is 13.0 Å². The van der Waals surface area contributed by atoms with E-state index in [9.17, 15) is 4.79 Å². The van der Waals surface area contributed by atoms with Crippen molar-refractivity contribution >= 4 is 34.0 Å². The monoisotopic (exact) mass is 363 g/mol. The van der Waals surface area contributed by atoms with Gasteiger partial charge in [0, 0.05) is 12.1 Å². The second-order valence-corrected chi connectivity index (χ2v) is 8.18. The highest BCUT2D eigenvalue weighted by atomic mass is 32.2. The second kappa shape index (κ2) is 8.62. The molecule has 0 aliphatic carbocycles. The van der Waals surface area contributed by atoms with Gasteiger partial charge < -0.3 is 5.32 Å². The van der Waals surface area contributed by atoms with Gasteiger partial charge in [0.05, 0.1) is 5.75 Å². The van der Waals surface area contributed by atoms with Crippen LogP contribution in [0.1, 0.15) is 52.4 Å². The van der Waals surface area contributed by atoms with E-state index in [0.29, 0.717) is 5.75 Å². The van der Waals surface area contributed by atoms with E-state index in [4.69, 9.17) is 0 Å². The zero-order valence-corrected chi connectivity index (χ0v) is 16.7. The van der Waals surface area contributed by atoms with Gasteiger partial charge in [0.15, 0.2) is 10.1 Å². The van der Waals surface area contributed by atoms with Crippen LogP contribution in [0.3, 0.4) is 0 Å². The normalized spacial score (nSPS) is 10.9. The van der Waals surface area contributed by atoms with Crippen molar-refractivity contribution in [3.05, 3.63) is 33.9 Å². The maximum absolute atomic E-state index is 12.6. The molecule has 0 saturated carbocycles. The van der Waals surface area contributed by atoms with Crippen molar-refractivity contribution < 1.29 is 4.79 Å². The Kier molecular flexibility index (Phi) is 6.80. The van der Waals surface area contributed by atoms with E-state index in [-0.39, 0.29) is 5.78 Å². The standard InChI is InChI=1S/C18H25N3OS2/c1-6-7-8-19-17-20-21-18(24-17)23-10-16(22)15-9-11(2)12(3)13(4)14(15)5/h9H,6-8,10H2,1-5H3,(H,19,20). The minimum absolute atomic E-state index is 0.152. The number of thioether (sulfide) groups is 1. The van der Waals surface area contributed by atoms with Gasteiger partial charge in [-0.15, -0.1) is 10.2 Å². The van der Waals surface area contributed by atoms with Crippen LogP contribution in [0.2, 0.25) is 0 Å². The Morgan fingerprint density at radius 3 is 2.62 bits per heavy atom. The van der Waals surface area contributed by atoms with Crippen LogP contribution >= 0.6 is 23.1 Å². The first-order chi connectivity index (χ1) is 11.4. The summed E-state index contributed by atoms with van der Waals surface area (Å²) in [5.41, 5.74) is 5.56. The molecule has 0 amide bonds. The fourth-order valence-corrected chi connectivity index (χ4v) is 4.08. The Hall–Kier alpha value is -1.40. The van der Waals surface area contributed by atoms with Crippen LogP contribution in [-0.4, -0.2) is 28.3 Å². The summed E-state index contributed by atoms with van der Waals surface area (Å²) in [7, 11) is 0. The zero-order chi connectivity index (χ0) is 17.7. The predicted octanol–water partition coefficient (Wildman–Crippen LogP) is 4.96. The maximum atomic E-state index is 12.6. The summed E-state index contributed by atoms with van der Waals surface area (Å²) in [6.45, 7) is 11.3. The number of aryl methyl sites for hydroxylation is 1. The highest BCUT2D eigenvalue weighted by Gasteiger charge is 2.15. The SMILES string of the molecule is CCCCNc1nnc(SCC(=O)c2cc(C)c(C)c(C)c2C)s1. The molecule has 130 valence electrons. The first kappa shape index (κ1) is 18.9. The summed E-state index contributed by atoms with van der Waals surface area (Å²) in [6.07, 6.45) is 2.27. The zero-order valence-electron chi connectivity index (χ0n) is 15.0. The van der Waals surface area contributed by atoms with E-state index >= 15 is 0 Å². The number of Topliss-reactive ketones (excluding diaryl/α,β-unsaturated/α-hetero) is 1.